The average Bonchev–Trinajstić information content (AvgIpc) is 2.02. The van der Waals surface area contributed by atoms with Gasteiger partial charge in [-0.1, -0.05) is 13.0 Å². The van der Waals surface area contributed by atoms with Crippen LogP contribution in [-0.2, 0) is 5.60 Å². The summed E-state index contributed by atoms with van der Waals surface area (Å²) in [7, 11) is 0. The smallest absolute Gasteiger partial charge is 0.130 e. The quantitative estimate of drug-likeness (QED) is 0.780. The fourth-order valence-electron chi connectivity index (χ4n) is 1.25. The van der Waals surface area contributed by atoms with Gasteiger partial charge in [-0.15, -0.1) is 11.8 Å². The van der Waals surface area contributed by atoms with Crippen LogP contribution in [0.2, 0.25) is 0 Å². The Hall–Kier alpha value is -0.540. The van der Waals surface area contributed by atoms with Crippen molar-refractivity contribution in [3.8, 4) is 0 Å². The van der Waals surface area contributed by atoms with Crippen molar-refractivity contribution in [1.29, 1.82) is 0 Å². The second-order valence-corrected chi connectivity index (χ2v) is 4.97. The van der Waals surface area contributed by atoms with Gasteiger partial charge >= 0.3 is 0 Å². The van der Waals surface area contributed by atoms with Gasteiger partial charge in [0.1, 0.15) is 5.82 Å². The highest BCUT2D eigenvalue weighted by molar-refractivity contribution is 7.99. The number of hydrogen-bond donors (Lipinski definition) is 1. The Bertz CT molecular complexity index is 318. The van der Waals surface area contributed by atoms with Crippen molar-refractivity contribution in [2.24, 2.45) is 0 Å². The lowest BCUT2D eigenvalue weighted by atomic mass is 9.98. The van der Waals surface area contributed by atoms with Crippen LogP contribution in [0.15, 0.2) is 23.1 Å². The summed E-state index contributed by atoms with van der Waals surface area (Å²) in [5.74, 6) is 0.581. The lowest BCUT2D eigenvalue weighted by molar-refractivity contribution is 0.0744. The first-order valence-electron chi connectivity index (χ1n) is 4.60. The average molecular weight is 214 g/mol. The summed E-state index contributed by atoms with van der Waals surface area (Å²) in [4.78, 5) is 0.901. The van der Waals surface area contributed by atoms with E-state index in [4.69, 9.17) is 0 Å². The van der Waals surface area contributed by atoms with Crippen LogP contribution < -0.4 is 0 Å². The van der Waals surface area contributed by atoms with E-state index >= 15 is 0 Å². The van der Waals surface area contributed by atoms with E-state index in [0.29, 0.717) is 5.56 Å². The minimum Gasteiger partial charge on any atom is -0.386 e. The summed E-state index contributed by atoms with van der Waals surface area (Å²) < 4.78 is 13.5. The largest absolute Gasteiger partial charge is 0.386 e. The molecule has 0 amide bonds. The van der Waals surface area contributed by atoms with Gasteiger partial charge in [0.15, 0.2) is 0 Å². The number of aliphatic hydroxyl groups is 1. The van der Waals surface area contributed by atoms with E-state index < -0.39 is 5.60 Å². The molecule has 0 spiro atoms. The highest BCUT2D eigenvalue weighted by Gasteiger charge is 2.20. The molecule has 0 unspecified atom stereocenters. The van der Waals surface area contributed by atoms with Crippen LogP contribution in [0.1, 0.15) is 26.3 Å². The fraction of sp³-hybridized carbons (Fsp3) is 0.455. The van der Waals surface area contributed by atoms with Crippen LogP contribution in [0.3, 0.4) is 0 Å². The zero-order valence-electron chi connectivity index (χ0n) is 8.67. The van der Waals surface area contributed by atoms with Crippen molar-refractivity contribution in [1.82, 2.24) is 0 Å². The van der Waals surface area contributed by atoms with Gasteiger partial charge in [-0.25, -0.2) is 4.39 Å². The predicted octanol–water partition coefficient (Wildman–Crippen LogP) is 3.17. The van der Waals surface area contributed by atoms with Gasteiger partial charge in [0.25, 0.3) is 0 Å². The Morgan fingerprint density at radius 1 is 1.43 bits per heavy atom. The third-order valence-corrected chi connectivity index (χ3v) is 2.79. The lowest BCUT2D eigenvalue weighted by Gasteiger charge is -2.18. The van der Waals surface area contributed by atoms with E-state index in [0.717, 1.165) is 10.6 Å². The van der Waals surface area contributed by atoms with E-state index in [-0.39, 0.29) is 5.82 Å². The molecule has 0 fully saturated rings. The normalized spacial score (nSPS) is 11.8. The summed E-state index contributed by atoms with van der Waals surface area (Å²) in [6.07, 6.45) is 0. The van der Waals surface area contributed by atoms with E-state index in [1.165, 1.54) is 6.07 Å². The minimum absolute atomic E-state index is 0.337. The zero-order chi connectivity index (χ0) is 10.8. The monoisotopic (exact) mass is 214 g/mol. The molecule has 0 bridgehead atoms. The Morgan fingerprint density at radius 3 is 2.50 bits per heavy atom. The van der Waals surface area contributed by atoms with Crippen LogP contribution >= 0.6 is 11.8 Å². The molecular formula is C11H15FOS. The summed E-state index contributed by atoms with van der Waals surface area (Å²) in [5.41, 5.74) is -0.766. The molecule has 1 aromatic carbocycles. The Morgan fingerprint density at radius 2 is 2.07 bits per heavy atom. The Kier molecular flexibility index (Phi) is 3.56. The molecule has 1 N–H and O–H groups in total. The van der Waals surface area contributed by atoms with E-state index in [1.54, 1.807) is 31.7 Å². The highest BCUT2D eigenvalue weighted by atomic mass is 32.2. The van der Waals surface area contributed by atoms with Gasteiger partial charge in [0.05, 0.1) is 5.60 Å². The summed E-state index contributed by atoms with van der Waals surface area (Å²) in [6, 6.07) is 4.96. The standard InChI is InChI=1S/C11H15FOS/c1-4-14-8-5-6-9(10(12)7-8)11(2,3)13/h5-7,13H,4H2,1-3H3. The first kappa shape index (κ1) is 11.5. The molecule has 0 heterocycles. The number of benzene rings is 1. The van der Waals surface area contributed by atoms with Crippen molar-refractivity contribution < 1.29 is 9.50 Å². The highest BCUT2D eigenvalue weighted by Crippen LogP contribution is 2.26. The fourth-order valence-corrected chi connectivity index (χ4v) is 1.93. The van der Waals surface area contributed by atoms with Crippen molar-refractivity contribution in [2.45, 2.75) is 31.3 Å². The van der Waals surface area contributed by atoms with E-state index in [1.807, 2.05) is 13.0 Å². The van der Waals surface area contributed by atoms with Crippen molar-refractivity contribution in [2.75, 3.05) is 5.75 Å². The third kappa shape index (κ3) is 2.72. The molecule has 1 rings (SSSR count). The Labute approximate surface area is 88.3 Å². The first-order chi connectivity index (χ1) is 6.45. The molecular weight excluding hydrogens is 199 g/mol. The first-order valence-corrected chi connectivity index (χ1v) is 5.59. The van der Waals surface area contributed by atoms with Crippen LogP contribution in [0.25, 0.3) is 0 Å². The molecule has 78 valence electrons. The van der Waals surface area contributed by atoms with Gasteiger partial charge in [0.2, 0.25) is 0 Å². The van der Waals surface area contributed by atoms with Crippen LogP contribution in [0, 0.1) is 5.82 Å². The van der Waals surface area contributed by atoms with Crippen LogP contribution in [-0.4, -0.2) is 10.9 Å². The minimum atomic E-state index is -1.11. The molecule has 0 aliphatic heterocycles. The topological polar surface area (TPSA) is 20.2 Å². The van der Waals surface area contributed by atoms with Gasteiger partial charge < -0.3 is 5.11 Å². The maximum atomic E-state index is 13.5. The molecule has 0 aliphatic rings. The zero-order valence-corrected chi connectivity index (χ0v) is 9.49. The number of hydrogen-bond acceptors (Lipinski definition) is 2. The van der Waals surface area contributed by atoms with Gasteiger partial charge in [0, 0.05) is 10.5 Å². The number of thioether (sulfide) groups is 1. The lowest BCUT2D eigenvalue weighted by Crippen LogP contribution is -2.17. The Balaban J connectivity index is 3.02. The maximum Gasteiger partial charge on any atom is 0.130 e. The molecule has 14 heavy (non-hydrogen) atoms. The molecule has 0 saturated carbocycles. The number of rotatable bonds is 3. The second-order valence-electron chi connectivity index (χ2n) is 3.63. The molecule has 0 aliphatic carbocycles. The molecule has 3 heteroatoms. The van der Waals surface area contributed by atoms with E-state index in [9.17, 15) is 9.50 Å². The van der Waals surface area contributed by atoms with Crippen LogP contribution in [0.4, 0.5) is 4.39 Å². The molecule has 0 saturated heterocycles. The molecule has 0 radical (unpaired) electrons. The van der Waals surface area contributed by atoms with E-state index in [2.05, 4.69) is 0 Å². The van der Waals surface area contributed by atoms with Crippen molar-refractivity contribution in [3.05, 3.63) is 29.6 Å². The summed E-state index contributed by atoms with van der Waals surface area (Å²) in [5, 5.41) is 9.64. The van der Waals surface area contributed by atoms with Gasteiger partial charge in [-0.2, -0.15) is 0 Å². The summed E-state index contributed by atoms with van der Waals surface area (Å²) in [6.45, 7) is 5.18. The predicted molar refractivity (Wildman–Crippen MR) is 58.0 cm³/mol. The molecule has 1 nitrogen and oxygen atoms in total. The number of halogens is 1. The van der Waals surface area contributed by atoms with Crippen molar-refractivity contribution in [3.63, 3.8) is 0 Å². The van der Waals surface area contributed by atoms with Gasteiger partial charge in [-0.3, -0.25) is 0 Å². The molecule has 0 atom stereocenters. The third-order valence-electron chi connectivity index (χ3n) is 1.91. The summed E-state index contributed by atoms with van der Waals surface area (Å²) >= 11 is 1.59. The van der Waals surface area contributed by atoms with Crippen molar-refractivity contribution >= 4 is 11.8 Å². The van der Waals surface area contributed by atoms with Gasteiger partial charge in [-0.05, 0) is 31.7 Å². The maximum absolute atomic E-state index is 13.5. The second kappa shape index (κ2) is 4.32. The SMILES string of the molecule is CCSc1ccc(C(C)(C)O)c(F)c1. The van der Waals surface area contributed by atoms with Crippen LogP contribution in [0.5, 0.6) is 0 Å². The molecule has 1 aromatic rings. The molecule has 0 aromatic heterocycles.